The van der Waals surface area contributed by atoms with Gasteiger partial charge in [0.2, 0.25) is 0 Å². The molecule has 1 atom stereocenters. The smallest absolute Gasteiger partial charge is 0.303 e. The SMILES string of the molecule is O=C(O)CCC(Cc1ccccc1)NCc1ccc2c(c1)CCO2. The first kappa shape index (κ1) is 16.5. The molecule has 126 valence electrons. The van der Waals surface area contributed by atoms with E-state index in [0.29, 0.717) is 6.42 Å². The molecule has 0 aromatic heterocycles. The highest BCUT2D eigenvalue weighted by atomic mass is 16.5. The van der Waals surface area contributed by atoms with E-state index in [9.17, 15) is 4.79 Å². The number of carbonyl (C=O) groups is 1. The number of rotatable bonds is 8. The van der Waals surface area contributed by atoms with Crippen LogP contribution in [0, 0.1) is 0 Å². The summed E-state index contributed by atoms with van der Waals surface area (Å²) in [7, 11) is 0. The largest absolute Gasteiger partial charge is 0.493 e. The minimum Gasteiger partial charge on any atom is -0.493 e. The molecule has 0 radical (unpaired) electrons. The zero-order chi connectivity index (χ0) is 16.8. The minimum absolute atomic E-state index is 0.146. The molecule has 1 aliphatic rings. The van der Waals surface area contributed by atoms with Gasteiger partial charge in [-0.2, -0.15) is 0 Å². The van der Waals surface area contributed by atoms with E-state index in [4.69, 9.17) is 9.84 Å². The van der Waals surface area contributed by atoms with Gasteiger partial charge < -0.3 is 15.2 Å². The zero-order valence-corrected chi connectivity index (χ0v) is 13.7. The van der Waals surface area contributed by atoms with Crippen LogP contribution in [-0.4, -0.2) is 23.7 Å². The van der Waals surface area contributed by atoms with Crippen LogP contribution in [0.2, 0.25) is 0 Å². The summed E-state index contributed by atoms with van der Waals surface area (Å²) in [6.07, 6.45) is 2.61. The summed E-state index contributed by atoms with van der Waals surface area (Å²) in [6, 6.07) is 16.6. The average molecular weight is 325 g/mol. The van der Waals surface area contributed by atoms with Crippen LogP contribution in [0.15, 0.2) is 48.5 Å². The zero-order valence-electron chi connectivity index (χ0n) is 13.7. The number of aliphatic carboxylic acids is 1. The fourth-order valence-corrected chi connectivity index (χ4v) is 3.08. The third-order valence-electron chi connectivity index (χ3n) is 4.38. The Labute approximate surface area is 142 Å². The molecular formula is C20H23NO3. The Kier molecular flexibility index (Phi) is 5.49. The van der Waals surface area contributed by atoms with E-state index in [2.05, 4.69) is 29.6 Å². The molecule has 0 amide bonds. The minimum atomic E-state index is -0.746. The molecule has 4 nitrogen and oxygen atoms in total. The highest BCUT2D eigenvalue weighted by molar-refractivity contribution is 5.66. The lowest BCUT2D eigenvalue weighted by atomic mass is 10.0. The molecule has 1 heterocycles. The summed E-state index contributed by atoms with van der Waals surface area (Å²) < 4.78 is 5.54. The molecule has 0 saturated carbocycles. The lowest BCUT2D eigenvalue weighted by Gasteiger charge is -2.18. The molecule has 0 saturated heterocycles. The number of benzene rings is 2. The second-order valence-corrected chi connectivity index (χ2v) is 6.24. The van der Waals surface area contributed by atoms with Crippen LogP contribution in [0.5, 0.6) is 5.75 Å². The Morgan fingerprint density at radius 2 is 2.00 bits per heavy atom. The van der Waals surface area contributed by atoms with Gasteiger partial charge in [0, 0.05) is 25.4 Å². The van der Waals surface area contributed by atoms with Gasteiger partial charge in [-0.3, -0.25) is 4.79 Å². The molecule has 2 aromatic rings. The van der Waals surface area contributed by atoms with E-state index in [1.54, 1.807) is 0 Å². The number of hydrogen-bond acceptors (Lipinski definition) is 3. The van der Waals surface area contributed by atoms with Crippen molar-refractivity contribution in [1.29, 1.82) is 0 Å². The van der Waals surface area contributed by atoms with E-state index in [1.165, 1.54) is 16.7 Å². The van der Waals surface area contributed by atoms with E-state index < -0.39 is 5.97 Å². The first-order chi connectivity index (χ1) is 11.7. The van der Waals surface area contributed by atoms with Gasteiger partial charge in [-0.15, -0.1) is 0 Å². The predicted octanol–water partition coefficient (Wildman–Crippen LogP) is 3.19. The van der Waals surface area contributed by atoms with Gasteiger partial charge in [-0.1, -0.05) is 42.5 Å². The number of carboxylic acid groups (broad SMARTS) is 1. The molecule has 0 spiro atoms. The maximum atomic E-state index is 10.9. The molecule has 1 unspecified atom stereocenters. The van der Waals surface area contributed by atoms with Crippen molar-refractivity contribution in [2.24, 2.45) is 0 Å². The van der Waals surface area contributed by atoms with Crippen LogP contribution in [0.25, 0.3) is 0 Å². The van der Waals surface area contributed by atoms with Crippen molar-refractivity contribution in [3.05, 3.63) is 65.2 Å². The third-order valence-corrected chi connectivity index (χ3v) is 4.38. The summed E-state index contributed by atoms with van der Waals surface area (Å²) >= 11 is 0. The third kappa shape index (κ3) is 4.59. The number of carboxylic acids is 1. The first-order valence-corrected chi connectivity index (χ1v) is 8.44. The molecule has 24 heavy (non-hydrogen) atoms. The summed E-state index contributed by atoms with van der Waals surface area (Å²) in [5.41, 5.74) is 3.70. The van der Waals surface area contributed by atoms with Gasteiger partial charge in [0.15, 0.2) is 0 Å². The lowest BCUT2D eigenvalue weighted by molar-refractivity contribution is -0.137. The predicted molar refractivity (Wildman–Crippen MR) is 93.3 cm³/mol. The number of ether oxygens (including phenoxy) is 1. The van der Waals surface area contributed by atoms with Gasteiger partial charge in [0.05, 0.1) is 6.61 Å². The van der Waals surface area contributed by atoms with Crippen molar-refractivity contribution in [2.45, 2.75) is 38.3 Å². The summed E-state index contributed by atoms with van der Waals surface area (Å²) in [5.74, 6) is 0.245. The van der Waals surface area contributed by atoms with Crippen LogP contribution < -0.4 is 10.1 Å². The number of nitrogens with one attached hydrogen (secondary N) is 1. The second kappa shape index (κ2) is 7.97. The van der Waals surface area contributed by atoms with Crippen molar-refractivity contribution in [2.75, 3.05) is 6.61 Å². The fourth-order valence-electron chi connectivity index (χ4n) is 3.08. The Balaban J connectivity index is 1.61. The lowest BCUT2D eigenvalue weighted by Crippen LogP contribution is -2.31. The maximum absolute atomic E-state index is 10.9. The average Bonchev–Trinajstić information content (AvgIpc) is 3.06. The standard InChI is InChI=1S/C20H23NO3/c22-20(23)9-7-18(13-15-4-2-1-3-5-15)21-14-16-6-8-19-17(12-16)10-11-24-19/h1-6,8,12,18,21H,7,9-11,13-14H2,(H,22,23). The van der Waals surface area contributed by atoms with Crippen LogP contribution in [0.1, 0.15) is 29.5 Å². The monoisotopic (exact) mass is 325 g/mol. The summed E-state index contributed by atoms with van der Waals surface area (Å²) in [6.45, 7) is 1.51. The molecule has 0 bridgehead atoms. The number of fused-ring (bicyclic) bond motifs is 1. The summed E-state index contributed by atoms with van der Waals surface area (Å²) in [4.78, 5) is 10.9. The van der Waals surface area contributed by atoms with Crippen molar-refractivity contribution in [1.82, 2.24) is 5.32 Å². The van der Waals surface area contributed by atoms with Gasteiger partial charge >= 0.3 is 5.97 Å². The van der Waals surface area contributed by atoms with E-state index in [0.717, 1.165) is 31.7 Å². The highest BCUT2D eigenvalue weighted by Crippen LogP contribution is 2.25. The Bertz CT molecular complexity index is 685. The summed E-state index contributed by atoms with van der Waals surface area (Å²) in [5, 5.41) is 12.5. The van der Waals surface area contributed by atoms with Gasteiger partial charge in [-0.25, -0.2) is 0 Å². The van der Waals surface area contributed by atoms with Gasteiger partial charge in [0.1, 0.15) is 5.75 Å². The van der Waals surface area contributed by atoms with Crippen molar-refractivity contribution in [3.63, 3.8) is 0 Å². The second-order valence-electron chi connectivity index (χ2n) is 6.24. The van der Waals surface area contributed by atoms with Gasteiger partial charge in [0.25, 0.3) is 0 Å². The van der Waals surface area contributed by atoms with Crippen molar-refractivity contribution >= 4 is 5.97 Å². The van der Waals surface area contributed by atoms with Crippen LogP contribution >= 0.6 is 0 Å². The molecular weight excluding hydrogens is 302 g/mol. The Morgan fingerprint density at radius 3 is 2.79 bits per heavy atom. The topological polar surface area (TPSA) is 58.6 Å². The molecule has 4 heteroatoms. The maximum Gasteiger partial charge on any atom is 0.303 e. The van der Waals surface area contributed by atoms with E-state index in [-0.39, 0.29) is 12.5 Å². The molecule has 2 aromatic carbocycles. The van der Waals surface area contributed by atoms with Crippen molar-refractivity contribution in [3.8, 4) is 5.75 Å². The Hall–Kier alpha value is -2.33. The quantitative estimate of drug-likeness (QED) is 0.782. The highest BCUT2D eigenvalue weighted by Gasteiger charge is 2.14. The van der Waals surface area contributed by atoms with Crippen LogP contribution in [-0.2, 0) is 24.2 Å². The number of hydrogen-bond donors (Lipinski definition) is 2. The molecule has 0 fully saturated rings. The van der Waals surface area contributed by atoms with Crippen LogP contribution in [0.4, 0.5) is 0 Å². The molecule has 0 aliphatic carbocycles. The van der Waals surface area contributed by atoms with Gasteiger partial charge in [-0.05, 0) is 35.6 Å². The first-order valence-electron chi connectivity index (χ1n) is 8.44. The normalized spacial score (nSPS) is 14.0. The van der Waals surface area contributed by atoms with Crippen molar-refractivity contribution < 1.29 is 14.6 Å². The van der Waals surface area contributed by atoms with E-state index in [1.807, 2.05) is 24.3 Å². The molecule has 3 rings (SSSR count). The Morgan fingerprint density at radius 1 is 1.17 bits per heavy atom. The molecule has 1 aliphatic heterocycles. The van der Waals surface area contributed by atoms with Crippen LogP contribution in [0.3, 0.4) is 0 Å². The fraction of sp³-hybridized carbons (Fsp3) is 0.350. The van der Waals surface area contributed by atoms with E-state index >= 15 is 0 Å². The molecule has 2 N–H and O–H groups in total.